The number of anilines is 1. The standard InChI is InChI=1S/C24H33Cl2N3O3/c1-17-16-27(12-9-24(17)7-8-24)10-5-21(23(31)32-2)29-14-13-28(11-6-22(29)30)18-3-4-19(25)20(26)15-18/h3-4,15,17,21H,5-14,16H2,1-2H3/t17-,21+/m1/s1. The third kappa shape index (κ3) is 5.02. The van der Waals surface area contributed by atoms with E-state index in [0.717, 1.165) is 25.3 Å². The van der Waals surface area contributed by atoms with Crippen LogP contribution in [0.5, 0.6) is 0 Å². The summed E-state index contributed by atoms with van der Waals surface area (Å²) in [5, 5.41) is 1.00. The first kappa shape index (κ1) is 23.7. The van der Waals surface area contributed by atoms with Crippen LogP contribution in [0.25, 0.3) is 0 Å². The number of carbonyl (C=O) groups is 2. The van der Waals surface area contributed by atoms with Crippen LogP contribution >= 0.6 is 23.2 Å². The molecule has 2 atom stereocenters. The summed E-state index contributed by atoms with van der Waals surface area (Å²) < 4.78 is 5.10. The van der Waals surface area contributed by atoms with Crippen molar-refractivity contribution in [1.82, 2.24) is 9.80 Å². The second kappa shape index (κ2) is 9.78. The number of carbonyl (C=O) groups excluding carboxylic acids is 2. The summed E-state index contributed by atoms with van der Waals surface area (Å²) in [5.74, 6) is 0.365. The van der Waals surface area contributed by atoms with Crippen molar-refractivity contribution in [2.45, 2.75) is 45.1 Å². The first-order valence-electron chi connectivity index (χ1n) is 11.6. The molecule has 2 saturated heterocycles. The van der Waals surface area contributed by atoms with Crippen molar-refractivity contribution in [3.8, 4) is 0 Å². The Labute approximate surface area is 200 Å². The fourth-order valence-corrected chi connectivity index (χ4v) is 5.65. The van der Waals surface area contributed by atoms with E-state index in [1.54, 1.807) is 11.0 Å². The van der Waals surface area contributed by atoms with Gasteiger partial charge in [0.05, 0.1) is 17.2 Å². The molecular formula is C24H33Cl2N3O3. The topological polar surface area (TPSA) is 53.1 Å². The zero-order chi connectivity index (χ0) is 22.9. The molecule has 0 radical (unpaired) electrons. The number of rotatable bonds is 6. The van der Waals surface area contributed by atoms with Crippen LogP contribution in [0.1, 0.15) is 39.0 Å². The number of amides is 1. The molecule has 1 aromatic carbocycles. The summed E-state index contributed by atoms with van der Waals surface area (Å²) in [7, 11) is 1.40. The first-order chi connectivity index (χ1) is 15.3. The minimum absolute atomic E-state index is 0.00749. The number of methoxy groups -OCH3 is 1. The number of hydrogen-bond acceptors (Lipinski definition) is 5. The molecule has 3 aliphatic rings. The summed E-state index contributed by atoms with van der Waals surface area (Å²) in [6.07, 6.45) is 4.93. The lowest BCUT2D eigenvalue weighted by Crippen LogP contribution is -2.49. The number of hydrogen-bond donors (Lipinski definition) is 0. The number of likely N-dealkylation sites (tertiary alicyclic amines) is 1. The molecule has 32 heavy (non-hydrogen) atoms. The number of ether oxygens (including phenoxy) is 1. The van der Waals surface area contributed by atoms with Crippen molar-refractivity contribution in [3.05, 3.63) is 28.2 Å². The summed E-state index contributed by atoms with van der Waals surface area (Å²) in [6, 6.07) is 4.96. The molecule has 1 aliphatic carbocycles. The van der Waals surface area contributed by atoms with Crippen molar-refractivity contribution in [2.75, 3.05) is 51.3 Å². The van der Waals surface area contributed by atoms with Gasteiger partial charge in [0.25, 0.3) is 0 Å². The van der Waals surface area contributed by atoms with Crippen molar-refractivity contribution in [1.29, 1.82) is 0 Å². The Bertz CT molecular complexity index is 861. The number of benzene rings is 1. The van der Waals surface area contributed by atoms with Gasteiger partial charge in [0, 0.05) is 44.8 Å². The Kier molecular flexibility index (Phi) is 7.23. The molecule has 2 aliphatic heterocycles. The van der Waals surface area contributed by atoms with E-state index >= 15 is 0 Å². The smallest absolute Gasteiger partial charge is 0.328 e. The van der Waals surface area contributed by atoms with Crippen LogP contribution in [0, 0.1) is 11.3 Å². The SMILES string of the molecule is COC(=O)[C@H](CCN1CCC2(CC2)[C@H](C)C1)N1CCN(c2ccc(Cl)c(Cl)c2)CCC1=O. The normalized spacial score (nSPS) is 24.4. The summed E-state index contributed by atoms with van der Waals surface area (Å²) in [5.41, 5.74) is 1.52. The molecular weight excluding hydrogens is 449 g/mol. The fraction of sp³-hybridized carbons (Fsp3) is 0.667. The minimum atomic E-state index is -0.548. The molecule has 0 bridgehead atoms. The zero-order valence-electron chi connectivity index (χ0n) is 19.0. The molecule has 1 saturated carbocycles. The molecule has 8 heteroatoms. The Morgan fingerprint density at radius 1 is 1.16 bits per heavy atom. The molecule has 0 aromatic heterocycles. The Morgan fingerprint density at radius 3 is 2.59 bits per heavy atom. The summed E-state index contributed by atoms with van der Waals surface area (Å²) >= 11 is 12.2. The van der Waals surface area contributed by atoms with Crippen molar-refractivity contribution in [3.63, 3.8) is 0 Å². The van der Waals surface area contributed by atoms with E-state index in [1.165, 1.54) is 26.4 Å². The lowest BCUT2D eigenvalue weighted by atomic mass is 9.83. The van der Waals surface area contributed by atoms with Gasteiger partial charge < -0.3 is 19.4 Å². The van der Waals surface area contributed by atoms with Crippen molar-refractivity contribution < 1.29 is 14.3 Å². The third-order valence-corrected chi connectivity index (χ3v) is 8.50. The third-order valence-electron chi connectivity index (χ3n) is 7.76. The van der Waals surface area contributed by atoms with E-state index in [9.17, 15) is 9.59 Å². The molecule has 176 valence electrons. The van der Waals surface area contributed by atoms with E-state index in [1.807, 2.05) is 12.1 Å². The maximum atomic E-state index is 13.0. The summed E-state index contributed by atoms with van der Waals surface area (Å²) in [6.45, 7) is 6.99. The highest BCUT2D eigenvalue weighted by atomic mass is 35.5. The lowest BCUT2D eigenvalue weighted by molar-refractivity contribution is -0.153. The average Bonchev–Trinajstić information content (AvgIpc) is 3.58. The first-order valence-corrected chi connectivity index (χ1v) is 12.4. The number of nitrogens with zero attached hydrogens (tertiary/aromatic N) is 3. The predicted molar refractivity (Wildman–Crippen MR) is 127 cm³/mol. The van der Waals surface area contributed by atoms with Gasteiger partial charge in [-0.1, -0.05) is 30.1 Å². The average molecular weight is 482 g/mol. The zero-order valence-corrected chi connectivity index (χ0v) is 20.5. The predicted octanol–water partition coefficient (Wildman–Crippen LogP) is 4.09. The van der Waals surface area contributed by atoms with E-state index < -0.39 is 6.04 Å². The van der Waals surface area contributed by atoms with Gasteiger partial charge in [-0.3, -0.25) is 4.79 Å². The van der Waals surface area contributed by atoms with Gasteiger partial charge >= 0.3 is 5.97 Å². The van der Waals surface area contributed by atoms with E-state index in [4.69, 9.17) is 27.9 Å². The molecule has 0 unspecified atom stereocenters. The van der Waals surface area contributed by atoms with Crippen LogP contribution in [0.4, 0.5) is 5.69 Å². The van der Waals surface area contributed by atoms with E-state index in [2.05, 4.69) is 16.7 Å². The van der Waals surface area contributed by atoms with Crippen LogP contribution in [-0.2, 0) is 14.3 Å². The van der Waals surface area contributed by atoms with Crippen LogP contribution in [0.15, 0.2) is 18.2 Å². The molecule has 1 amide bonds. The van der Waals surface area contributed by atoms with Crippen LogP contribution in [0.2, 0.25) is 10.0 Å². The van der Waals surface area contributed by atoms with Gasteiger partial charge in [-0.05, 0) is 61.8 Å². The second-order valence-electron chi connectivity index (χ2n) is 9.56. The van der Waals surface area contributed by atoms with Crippen LogP contribution in [-0.4, -0.2) is 74.1 Å². The van der Waals surface area contributed by atoms with E-state index in [0.29, 0.717) is 53.9 Å². The second-order valence-corrected chi connectivity index (χ2v) is 10.4. The highest BCUT2D eigenvalue weighted by Crippen LogP contribution is 2.56. The molecule has 6 nitrogen and oxygen atoms in total. The van der Waals surface area contributed by atoms with Gasteiger partial charge in [-0.25, -0.2) is 4.79 Å². The quantitative estimate of drug-likeness (QED) is 0.572. The molecule has 1 spiro atoms. The van der Waals surface area contributed by atoms with E-state index in [-0.39, 0.29) is 11.9 Å². The number of piperidine rings is 1. The minimum Gasteiger partial charge on any atom is -0.467 e. The lowest BCUT2D eigenvalue weighted by Gasteiger charge is -2.38. The molecule has 3 fully saturated rings. The van der Waals surface area contributed by atoms with Crippen LogP contribution in [0.3, 0.4) is 0 Å². The Morgan fingerprint density at radius 2 is 1.94 bits per heavy atom. The fourth-order valence-electron chi connectivity index (χ4n) is 5.36. The maximum Gasteiger partial charge on any atom is 0.328 e. The number of esters is 1. The maximum absolute atomic E-state index is 13.0. The van der Waals surface area contributed by atoms with Gasteiger partial charge in [-0.2, -0.15) is 0 Å². The molecule has 0 N–H and O–H groups in total. The van der Waals surface area contributed by atoms with Crippen LogP contribution < -0.4 is 4.90 Å². The summed E-state index contributed by atoms with van der Waals surface area (Å²) in [4.78, 5) is 32.0. The highest BCUT2D eigenvalue weighted by molar-refractivity contribution is 6.42. The van der Waals surface area contributed by atoms with Gasteiger partial charge in [0.15, 0.2) is 0 Å². The van der Waals surface area contributed by atoms with Crippen molar-refractivity contribution in [2.24, 2.45) is 11.3 Å². The largest absolute Gasteiger partial charge is 0.467 e. The Hall–Kier alpha value is -1.50. The van der Waals surface area contributed by atoms with Gasteiger partial charge in [0.1, 0.15) is 6.04 Å². The molecule has 1 aromatic rings. The highest BCUT2D eigenvalue weighted by Gasteiger charge is 2.49. The van der Waals surface area contributed by atoms with Gasteiger partial charge in [0.2, 0.25) is 5.91 Å². The molecule has 2 heterocycles. The Balaban J connectivity index is 1.40. The monoisotopic (exact) mass is 481 g/mol. The number of halogens is 2. The van der Waals surface area contributed by atoms with Crippen molar-refractivity contribution >= 4 is 40.8 Å². The molecule has 4 rings (SSSR count). The van der Waals surface area contributed by atoms with Gasteiger partial charge in [-0.15, -0.1) is 0 Å².